The van der Waals surface area contributed by atoms with Crippen LogP contribution in [0.25, 0.3) is 6.08 Å². The fourth-order valence-electron chi connectivity index (χ4n) is 1.54. The van der Waals surface area contributed by atoms with Gasteiger partial charge in [-0.25, -0.2) is 0 Å². The Kier molecular flexibility index (Phi) is 4.90. The maximum absolute atomic E-state index is 11.8. The number of carbonyl (C=O) groups is 1. The molecule has 1 heterocycles. The van der Waals surface area contributed by atoms with Crippen molar-refractivity contribution in [2.45, 2.75) is 0 Å². The average Bonchev–Trinajstić information content (AvgIpc) is 2.48. The summed E-state index contributed by atoms with van der Waals surface area (Å²) in [4.78, 5) is 15.7. The van der Waals surface area contributed by atoms with Crippen LogP contribution >= 0.6 is 15.9 Å². The van der Waals surface area contributed by atoms with Gasteiger partial charge in [0.15, 0.2) is 0 Å². The Morgan fingerprint density at radius 1 is 1.30 bits per heavy atom. The predicted molar refractivity (Wildman–Crippen MR) is 82.6 cm³/mol. The highest BCUT2D eigenvalue weighted by Gasteiger charge is 2.01. The van der Waals surface area contributed by atoms with Crippen LogP contribution in [0.15, 0.2) is 53.3 Å². The maximum atomic E-state index is 11.8. The molecule has 0 bridgehead atoms. The van der Waals surface area contributed by atoms with Crippen LogP contribution in [0.2, 0.25) is 0 Å². The number of rotatable bonds is 4. The lowest BCUT2D eigenvalue weighted by molar-refractivity contribution is -0.111. The number of methoxy groups -OCH3 is 1. The van der Waals surface area contributed by atoms with E-state index in [2.05, 4.69) is 26.2 Å². The molecule has 0 unspecified atom stereocenters. The monoisotopic (exact) mass is 332 g/mol. The zero-order valence-electron chi connectivity index (χ0n) is 10.8. The second kappa shape index (κ2) is 6.86. The Balaban J connectivity index is 2.00. The number of amides is 1. The first kappa shape index (κ1) is 14.3. The third-order valence-corrected chi connectivity index (χ3v) is 3.21. The minimum absolute atomic E-state index is 0.201. The van der Waals surface area contributed by atoms with Gasteiger partial charge in [0, 0.05) is 18.5 Å². The average molecular weight is 333 g/mol. The molecule has 0 aliphatic heterocycles. The number of ether oxygens (including phenoxy) is 1. The summed E-state index contributed by atoms with van der Waals surface area (Å²) < 4.78 is 5.81. The van der Waals surface area contributed by atoms with Gasteiger partial charge in [-0.15, -0.1) is 0 Å². The number of hydrogen-bond acceptors (Lipinski definition) is 3. The van der Waals surface area contributed by atoms with Gasteiger partial charge in [0.25, 0.3) is 0 Å². The molecule has 1 aromatic heterocycles. The minimum Gasteiger partial charge on any atom is -0.497 e. The quantitative estimate of drug-likeness (QED) is 0.871. The van der Waals surface area contributed by atoms with Crippen molar-refractivity contribution in [3.8, 4) is 5.75 Å². The van der Waals surface area contributed by atoms with Crippen LogP contribution in [-0.2, 0) is 4.79 Å². The molecule has 0 aliphatic carbocycles. The Hall–Kier alpha value is -2.14. The Labute approximate surface area is 125 Å². The molecule has 1 N–H and O–H groups in total. The van der Waals surface area contributed by atoms with Crippen molar-refractivity contribution in [1.29, 1.82) is 0 Å². The molecule has 0 atom stereocenters. The molecule has 0 aliphatic rings. The summed E-state index contributed by atoms with van der Waals surface area (Å²) in [5, 5.41) is 2.77. The third kappa shape index (κ3) is 3.93. The number of carbonyl (C=O) groups excluding carboxylic acids is 1. The molecule has 0 spiro atoms. The number of anilines is 1. The zero-order valence-corrected chi connectivity index (χ0v) is 12.4. The van der Waals surface area contributed by atoms with E-state index in [1.54, 1.807) is 31.6 Å². The second-order valence-corrected chi connectivity index (χ2v) is 4.81. The number of benzene rings is 1. The van der Waals surface area contributed by atoms with E-state index in [0.717, 1.165) is 15.8 Å². The lowest BCUT2D eigenvalue weighted by Gasteiger charge is -2.03. The Morgan fingerprint density at radius 2 is 2.05 bits per heavy atom. The highest BCUT2D eigenvalue weighted by atomic mass is 79.9. The summed E-state index contributed by atoms with van der Waals surface area (Å²) in [6.07, 6.45) is 6.47. The van der Waals surface area contributed by atoms with Crippen molar-refractivity contribution >= 4 is 33.6 Å². The molecule has 1 aromatic carbocycles. The number of halogens is 1. The molecule has 0 fully saturated rings. The van der Waals surface area contributed by atoms with Crippen LogP contribution in [0.4, 0.5) is 5.69 Å². The third-order valence-electron chi connectivity index (χ3n) is 2.57. The molecule has 2 rings (SSSR count). The number of nitrogens with zero attached hydrogens (tertiary/aromatic N) is 1. The topological polar surface area (TPSA) is 51.2 Å². The van der Waals surface area contributed by atoms with Gasteiger partial charge >= 0.3 is 0 Å². The fraction of sp³-hybridized carbons (Fsp3) is 0.0667. The molecule has 0 radical (unpaired) electrons. The highest BCUT2D eigenvalue weighted by Crippen LogP contribution is 2.20. The molecule has 0 saturated carbocycles. The number of nitrogens with one attached hydrogen (secondary N) is 1. The van der Waals surface area contributed by atoms with E-state index in [4.69, 9.17) is 4.74 Å². The first-order chi connectivity index (χ1) is 9.69. The standard InChI is InChI=1S/C15H13BrN2O2/c1-20-12-5-2-11(3-6-12)4-7-15(19)18-14-8-9-17-10-13(14)16/h2-10H,1H3,(H,17,18,19)/b7-4+. The first-order valence-electron chi connectivity index (χ1n) is 5.91. The van der Waals surface area contributed by atoms with Crippen molar-refractivity contribution in [2.75, 3.05) is 12.4 Å². The highest BCUT2D eigenvalue weighted by molar-refractivity contribution is 9.10. The Morgan fingerprint density at radius 3 is 2.70 bits per heavy atom. The molecular weight excluding hydrogens is 320 g/mol. The molecule has 4 nitrogen and oxygen atoms in total. The van der Waals surface area contributed by atoms with E-state index in [0.29, 0.717) is 5.69 Å². The normalized spacial score (nSPS) is 10.5. The van der Waals surface area contributed by atoms with E-state index in [-0.39, 0.29) is 5.91 Å². The van der Waals surface area contributed by atoms with Gasteiger partial charge in [-0.2, -0.15) is 0 Å². The van der Waals surface area contributed by atoms with Crippen LogP contribution in [0, 0.1) is 0 Å². The second-order valence-electron chi connectivity index (χ2n) is 3.95. The summed E-state index contributed by atoms with van der Waals surface area (Å²) in [6, 6.07) is 9.17. The fourth-order valence-corrected chi connectivity index (χ4v) is 1.89. The molecular formula is C15H13BrN2O2. The Bertz CT molecular complexity index is 624. The molecule has 20 heavy (non-hydrogen) atoms. The number of aromatic nitrogens is 1. The summed E-state index contributed by atoms with van der Waals surface area (Å²) >= 11 is 3.32. The van der Waals surface area contributed by atoms with Crippen molar-refractivity contribution in [3.63, 3.8) is 0 Å². The van der Waals surface area contributed by atoms with Crippen molar-refractivity contribution in [1.82, 2.24) is 4.98 Å². The van der Waals surface area contributed by atoms with E-state index in [9.17, 15) is 4.79 Å². The van der Waals surface area contributed by atoms with E-state index in [1.807, 2.05) is 24.3 Å². The molecule has 2 aromatic rings. The summed E-state index contributed by atoms with van der Waals surface area (Å²) in [5.74, 6) is 0.583. The van der Waals surface area contributed by atoms with Crippen LogP contribution < -0.4 is 10.1 Å². The van der Waals surface area contributed by atoms with Crippen LogP contribution in [0.5, 0.6) is 5.75 Å². The summed E-state index contributed by atoms with van der Waals surface area (Å²) in [6.45, 7) is 0. The van der Waals surface area contributed by atoms with Gasteiger partial charge in [-0.1, -0.05) is 12.1 Å². The zero-order chi connectivity index (χ0) is 14.4. The SMILES string of the molecule is COc1ccc(/C=C/C(=O)Nc2ccncc2Br)cc1. The molecule has 5 heteroatoms. The largest absolute Gasteiger partial charge is 0.497 e. The summed E-state index contributed by atoms with van der Waals surface area (Å²) in [7, 11) is 1.62. The van der Waals surface area contributed by atoms with Crippen molar-refractivity contribution in [2.24, 2.45) is 0 Å². The van der Waals surface area contributed by atoms with Gasteiger partial charge in [0.05, 0.1) is 17.3 Å². The van der Waals surface area contributed by atoms with Gasteiger partial charge < -0.3 is 10.1 Å². The lowest BCUT2D eigenvalue weighted by atomic mass is 10.2. The van der Waals surface area contributed by atoms with Crippen LogP contribution in [0.1, 0.15) is 5.56 Å². The van der Waals surface area contributed by atoms with Gasteiger partial charge in [0.1, 0.15) is 5.75 Å². The minimum atomic E-state index is -0.201. The van der Waals surface area contributed by atoms with Crippen LogP contribution in [-0.4, -0.2) is 18.0 Å². The van der Waals surface area contributed by atoms with E-state index < -0.39 is 0 Å². The van der Waals surface area contributed by atoms with Gasteiger partial charge in [0.2, 0.25) is 5.91 Å². The van der Waals surface area contributed by atoms with Gasteiger partial charge in [-0.3, -0.25) is 9.78 Å². The van der Waals surface area contributed by atoms with Crippen molar-refractivity contribution in [3.05, 3.63) is 58.8 Å². The lowest BCUT2D eigenvalue weighted by Crippen LogP contribution is -2.08. The number of hydrogen-bond donors (Lipinski definition) is 1. The predicted octanol–water partition coefficient (Wildman–Crippen LogP) is 3.50. The van der Waals surface area contributed by atoms with Crippen molar-refractivity contribution < 1.29 is 9.53 Å². The number of pyridine rings is 1. The molecule has 1 amide bonds. The van der Waals surface area contributed by atoms with Gasteiger partial charge in [-0.05, 0) is 45.8 Å². The molecule has 102 valence electrons. The first-order valence-corrected chi connectivity index (χ1v) is 6.71. The van der Waals surface area contributed by atoms with E-state index in [1.165, 1.54) is 6.08 Å². The van der Waals surface area contributed by atoms with E-state index >= 15 is 0 Å². The van der Waals surface area contributed by atoms with Crippen LogP contribution in [0.3, 0.4) is 0 Å². The smallest absolute Gasteiger partial charge is 0.248 e. The molecule has 0 saturated heterocycles. The maximum Gasteiger partial charge on any atom is 0.248 e. The summed E-state index contributed by atoms with van der Waals surface area (Å²) in [5.41, 5.74) is 1.61.